The maximum atomic E-state index is 4.44. The van der Waals surface area contributed by atoms with Crippen LogP contribution in [0.25, 0.3) is 0 Å². The van der Waals surface area contributed by atoms with Gasteiger partial charge in [0.05, 0.1) is 5.69 Å². The van der Waals surface area contributed by atoms with Gasteiger partial charge in [-0.1, -0.05) is 6.08 Å². The van der Waals surface area contributed by atoms with Crippen molar-refractivity contribution in [1.29, 1.82) is 0 Å². The van der Waals surface area contributed by atoms with E-state index in [9.17, 15) is 0 Å². The van der Waals surface area contributed by atoms with Gasteiger partial charge in [-0.25, -0.2) is 0 Å². The largest absolute Gasteiger partial charge is 0.316 e. The summed E-state index contributed by atoms with van der Waals surface area (Å²) < 4.78 is 2.02. The zero-order valence-electron chi connectivity index (χ0n) is 9.08. The van der Waals surface area contributed by atoms with Crippen LogP contribution >= 0.6 is 0 Å². The Morgan fingerprint density at radius 3 is 3.07 bits per heavy atom. The van der Waals surface area contributed by atoms with Crippen LogP contribution in [0, 0.1) is 6.92 Å². The van der Waals surface area contributed by atoms with Crippen LogP contribution < -0.4 is 5.32 Å². The van der Waals surface area contributed by atoms with Gasteiger partial charge in [-0.15, -0.1) is 6.58 Å². The van der Waals surface area contributed by atoms with Gasteiger partial charge in [0.2, 0.25) is 0 Å². The van der Waals surface area contributed by atoms with E-state index in [4.69, 9.17) is 0 Å². The van der Waals surface area contributed by atoms with Crippen molar-refractivity contribution in [1.82, 2.24) is 15.1 Å². The van der Waals surface area contributed by atoms with E-state index in [0.29, 0.717) is 0 Å². The Labute approximate surface area is 85.8 Å². The van der Waals surface area contributed by atoms with Crippen LogP contribution in [0.1, 0.15) is 24.1 Å². The Morgan fingerprint density at radius 1 is 1.64 bits per heavy atom. The molecule has 3 heteroatoms. The van der Waals surface area contributed by atoms with Gasteiger partial charge in [0.15, 0.2) is 0 Å². The first-order chi connectivity index (χ1) is 6.77. The molecule has 0 amide bonds. The minimum atomic E-state index is 0.896. The highest BCUT2D eigenvalue weighted by Crippen LogP contribution is 2.06. The van der Waals surface area contributed by atoms with Gasteiger partial charge in [-0.2, -0.15) is 5.10 Å². The van der Waals surface area contributed by atoms with E-state index >= 15 is 0 Å². The Balaban J connectivity index is 2.52. The van der Waals surface area contributed by atoms with E-state index in [-0.39, 0.29) is 0 Å². The summed E-state index contributed by atoms with van der Waals surface area (Å²) in [6.07, 6.45) is 6.24. The maximum absolute atomic E-state index is 4.44. The molecule has 1 heterocycles. The third-order valence-electron chi connectivity index (χ3n) is 2.21. The number of hydrogen-bond donors (Lipinski definition) is 1. The third kappa shape index (κ3) is 3.00. The summed E-state index contributed by atoms with van der Waals surface area (Å²) in [4.78, 5) is 0. The minimum Gasteiger partial charge on any atom is -0.316 e. The molecule has 1 rings (SSSR count). The fraction of sp³-hybridized carbons (Fsp3) is 0.545. The lowest BCUT2D eigenvalue weighted by Gasteiger charge is -1.97. The Hall–Kier alpha value is -1.09. The smallest absolute Gasteiger partial charge is 0.0638 e. The molecular weight excluding hydrogens is 174 g/mol. The van der Waals surface area contributed by atoms with Crippen LogP contribution in [0.3, 0.4) is 0 Å². The molecule has 0 atom stereocenters. The van der Waals surface area contributed by atoms with E-state index in [1.54, 1.807) is 0 Å². The van der Waals surface area contributed by atoms with Crippen molar-refractivity contribution in [3.8, 4) is 0 Å². The van der Waals surface area contributed by atoms with Gasteiger partial charge in [0, 0.05) is 24.8 Å². The second kappa shape index (κ2) is 5.60. The first-order valence-electron chi connectivity index (χ1n) is 5.06. The van der Waals surface area contributed by atoms with E-state index < -0.39 is 0 Å². The summed E-state index contributed by atoms with van der Waals surface area (Å²) in [6.45, 7) is 7.64. The molecule has 0 aliphatic heterocycles. The first kappa shape index (κ1) is 11.0. The molecule has 0 unspecified atom stereocenters. The number of aryl methyl sites for hydroxylation is 2. The van der Waals surface area contributed by atoms with Crippen molar-refractivity contribution in [3.05, 3.63) is 30.1 Å². The van der Waals surface area contributed by atoms with Crippen LogP contribution in [0.5, 0.6) is 0 Å². The average molecular weight is 193 g/mol. The highest BCUT2D eigenvalue weighted by Gasteiger charge is 2.02. The number of unbranched alkanes of at least 4 members (excludes halogenated alkanes) is 1. The molecule has 0 saturated heterocycles. The highest BCUT2D eigenvalue weighted by molar-refractivity contribution is 5.14. The number of rotatable bonds is 6. The molecule has 1 aromatic rings. The predicted octanol–water partition coefficient (Wildman–Crippen LogP) is 1.88. The van der Waals surface area contributed by atoms with Crippen LogP contribution in [0.2, 0.25) is 0 Å². The van der Waals surface area contributed by atoms with Gasteiger partial charge < -0.3 is 5.32 Å². The number of hydrogen-bond acceptors (Lipinski definition) is 2. The number of nitrogens with zero attached hydrogens (tertiary/aromatic N) is 2. The molecule has 78 valence electrons. The van der Waals surface area contributed by atoms with Crippen molar-refractivity contribution in [2.75, 3.05) is 7.05 Å². The summed E-state index contributed by atoms with van der Waals surface area (Å²) in [5, 5.41) is 7.58. The Bertz CT molecular complexity index is 289. The normalized spacial score (nSPS) is 10.4. The van der Waals surface area contributed by atoms with Gasteiger partial charge in [0.1, 0.15) is 0 Å². The summed E-state index contributed by atoms with van der Waals surface area (Å²) in [5.74, 6) is 0. The highest BCUT2D eigenvalue weighted by atomic mass is 15.3. The van der Waals surface area contributed by atoms with Crippen molar-refractivity contribution in [2.45, 2.75) is 32.9 Å². The van der Waals surface area contributed by atoms with Gasteiger partial charge in [-0.3, -0.25) is 4.68 Å². The minimum absolute atomic E-state index is 0.896. The van der Waals surface area contributed by atoms with Crippen LogP contribution in [0.4, 0.5) is 0 Å². The van der Waals surface area contributed by atoms with Gasteiger partial charge in [-0.05, 0) is 26.8 Å². The molecule has 1 aromatic heterocycles. The lowest BCUT2D eigenvalue weighted by molar-refractivity contribution is 0.579. The standard InChI is InChI=1S/C11H19N3/c1-4-5-6-7-14-9-11(8-12-3)10(2)13-14/h4,9,12H,1,5-8H2,2-3H3. The number of allylic oxidation sites excluding steroid dienone is 1. The van der Waals surface area contributed by atoms with Crippen LogP contribution in [-0.2, 0) is 13.1 Å². The molecule has 14 heavy (non-hydrogen) atoms. The maximum Gasteiger partial charge on any atom is 0.0638 e. The molecule has 0 radical (unpaired) electrons. The Kier molecular flexibility index (Phi) is 4.40. The van der Waals surface area contributed by atoms with Crippen molar-refractivity contribution in [2.24, 2.45) is 0 Å². The SMILES string of the molecule is C=CCCCn1cc(CNC)c(C)n1. The third-order valence-corrected chi connectivity index (χ3v) is 2.21. The molecular formula is C11H19N3. The molecule has 0 saturated carbocycles. The summed E-state index contributed by atoms with van der Waals surface area (Å²) in [6, 6.07) is 0. The van der Waals surface area contributed by atoms with Crippen LogP contribution in [0.15, 0.2) is 18.9 Å². The quantitative estimate of drug-likeness (QED) is 0.552. The second-order valence-electron chi connectivity index (χ2n) is 3.46. The monoisotopic (exact) mass is 193 g/mol. The van der Waals surface area contributed by atoms with Crippen LogP contribution in [-0.4, -0.2) is 16.8 Å². The average Bonchev–Trinajstić information content (AvgIpc) is 2.49. The molecule has 0 aromatic carbocycles. The van der Waals surface area contributed by atoms with E-state index in [1.165, 1.54) is 5.56 Å². The van der Waals surface area contributed by atoms with E-state index in [1.807, 2.05) is 17.8 Å². The van der Waals surface area contributed by atoms with Gasteiger partial charge in [0.25, 0.3) is 0 Å². The van der Waals surface area contributed by atoms with Gasteiger partial charge >= 0.3 is 0 Å². The second-order valence-corrected chi connectivity index (χ2v) is 3.46. The predicted molar refractivity (Wildman–Crippen MR) is 59.2 cm³/mol. The molecule has 0 spiro atoms. The topological polar surface area (TPSA) is 29.9 Å². The van der Waals surface area contributed by atoms with Crippen molar-refractivity contribution >= 4 is 0 Å². The lowest BCUT2D eigenvalue weighted by atomic mass is 10.2. The van der Waals surface area contributed by atoms with Crippen molar-refractivity contribution < 1.29 is 0 Å². The summed E-state index contributed by atoms with van der Waals surface area (Å²) in [5.41, 5.74) is 2.41. The molecule has 1 N–H and O–H groups in total. The van der Waals surface area contributed by atoms with Crippen molar-refractivity contribution in [3.63, 3.8) is 0 Å². The number of aromatic nitrogens is 2. The lowest BCUT2D eigenvalue weighted by Crippen LogP contribution is -2.05. The first-order valence-corrected chi connectivity index (χ1v) is 5.06. The van der Waals surface area contributed by atoms with E-state index in [0.717, 1.165) is 31.6 Å². The Morgan fingerprint density at radius 2 is 2.43 bits per heavy atom. The molecule has 3 nitrogen and oxygen atoms in total. The molecule has 0 aliphatic carbocycles. The van der Waals surface area contributed by atoms with E-state index in [2.05, 4.69) is 30.1 Å². The summed E-state index contributed by atoms with van der Waals surface area (Å²) in [7, 11) is 1.95. The fourth-order valence-electron chi connectivity index (χ4n) is 1.44. The molecule has 0 bridgehead atoms. The molecule has 0 aliphatic rings. The summed E-state index contributed by atoms with van der Waals surface area (Å²) >= 11 is 0. The number of nitrogens with one attached hydrogen (secondary N) is 1. The fourth-order valence-corrected chi connectivity index (χ4v) is 1.44. The zero-order valence-corrected chi connectivity index (χ0v) is 9.08. The zero-order chi connectivity index (χ0) is 10.4. The molecule has 0 fully saturated rings.